The molecule has 0 aliphatic rings. The highest BCUT2D eigenvalue weighted by Crippen LogP contribution is 2.16. The maximum Gasteiger partial charge on any atom is 0.240 e. The highest BCUT2D eigenvalue weighted by Gasteiger charge is 2.26. The van der Waals surface area contributed by atoms with E-state index in [4.69, 9.17) is 5.73 Å². The van der Waals surface area contributed by atoms with E-state index in [1.807, 2.05) is 25.1 Å². The molecule has 2 aromatic rings. The van der Waals surface area contributed by atoms with Crippen LogP contribution in [0, 0.1) is 0 Å². The second-order valence-corrected chi connectivity index (χ2v) is 5.53. The molecule has 0 aromatic heterocycles. The van der Waals surface area contributed by atoms with Crippen LogP contribution >= 0.6 is 12.4 Å². The van der Waals surface area contributed by atoms with Crippen LogP contribution in [0.4, 0.5) is 0 Å². The lowest BCUT2D eigenvalue weighted by Crippen LogP contribution is -2.51. The summed E-state index contributed by atoms with van der Waals surface area (Å²) in [5.74, 6) is -0.0903. The number of nitrogens with two attached hydrogens (primary N) is 1. The fraction of sp³-hybridized carbons (Fsp3) is 0.353. The highest BCUT2D eigenvalue weighted by atomic mass is 35.5. The molecule has 3 N–H and O–H groups in total. The molecule has 0 radical (unpaired) electrons. The van der Waals surface area contributed by atoms with E-state index in [1.165, 1.54) is 10.8 Å². The molecule has 1 amide bonds. The fourth-order valence-corrected chi connectivity index (χ4v) is 2.37. The zero-order chi connectivity index (χ0) is 14.6. The summed E-state index contributed by atoms with van der Waals surface area (Å²) >= 11 is 0. The van der Waals surface area contributed by atoms with Crippen molar-refractivity contribution in [3.63, 3.8) is 0 Å². The minimum Gasteiger partial charge on any atom is -0.350 e. The molecular weight excluding hydrogens is 284 g/mol. The molecule has 0 heterocycles. The second-order valence-electron chi connectivity index (χ2n) is 5.53. The molecule has 1 atom stereocenters. The molecule has 0 saturated carbocycles. The first-order valence-corrected chi connectivity index (χ1v) is 7.08. The molecule has 0 bridgehead atoms. The van der Waals surface area contributed by atoms with Gasteiger partial charge in [-0.05, 0) is 35.7 Å². The van der Waals surface area contributed by atoms with Crippen molar-refractivity contribution in [3.8, 4) is 0 Å². The quantitative estimate of drug-likeness (QED) is 0.889. The van der Waals surface area contributed by atoms with E-state index in [0.29, 0.717) is 13.0 Å². The first-order valence-electron chi connectivity index (χ1n) is 7.08. The largest absolute Gasteiger partial charge is 0.350 e. The molecule has 0 aliphatic heterocycles. The van der Waals surface area contributed by atoms with Gasteiger partial charge in [0, 0.05) is 6.54 Å². The van der Waals surface area contributed by atoms with Crippen LogP contribution in [-0.4, -0.2) is 11.4 Å². The topological polar surface area (TPSA) is 55.1 Å². The average Bonchev–Trinajstić information content (AvgIpc) is 2.44. The number of carbonyl (C=O) groups excluding carboxylic acids is 1. The Hall–Kier alpha value is -1.58. The first-order chi connectivity index (χ1) is 9.53. The van der Waals surface area contributed by atoms with Gasteiger partial charge in [-0.3, -0.25) is 4.79 Å². The minimum atomic E-state index is -0.786. The van der Waals surface area contributed by atoms with E-state index < -0.39 is 5.54 Å². The zero-order valence-electron chi connectivity index (χ0n) is 12.6. The predicted octanol–water partition coefficient (Wildman–Crippen LogP) is 3.40. The Morgan fingerprint density at radius 2 is 1.86 bits per heavy atom. The van der Waals surface area contributed by atoms with Crippen molar-refractivity contribution >= 4 is 29.1 Å². The van der Waals surface area contributed by atoms with Crippen molar-refractivity contribution in [1.82, 2.24) is 5.32 Å². The number of benzene rings is 2. The Morgan fingerprint density at radius 3 is 2.52 bits per heavy atom. The van der Waals surface area contributed by atoms with Gasteiger partial charge in [0.15, 0.2) is 0 Å². The number of hydrogen-bond acceptors (Lipinski definition) is 2. The number of hydrogen-bond donors (Lipinski definition) is 2. The van der Waals surface area contributed by atoms with Gasteiger partial charge in [-0.15, -0.1) is 12.4 Å². The van der Waals surface area contributed by atoms with E-state index in [-0.39, 0.29) is 18.3 Å². The van der Waals surface area contributed by atoms with Crippen molar-refractivity contribution in [2.24, 2.45) is 5.73 Å². The Labute approximate surface area is 132 Å². The third-order valence-corrected chi connectivity index (χ3v) is 3.55. The van der Waals surface area contributed by atoms with Crippen LogP contribution in [0.25, 0.3) is 10.8 Å². The third-order valence-electron chi connectivity index (χ3n) is 3.55. The van der Waals surface area contributed by atoms with Crippen LogP contribution in [0.15, 0.2) is 42.5 Å². The van der Waals surface area contributed by atoms with Crippen molar-refractivity contribution in [2.75, 3.05) is 0 Å². The van der Waals surface area contributed by atoms with Gasteiger partial charge in [0.25, 0.3) is 0 Å². The average molecular weight is 307 g/mol. The molecule has 21 heavy (non-hydrogen) atoms. The normalized spacial score (nSPS) is 13.3. The zero-order valence-corrected chi connectivity index (χ0v) is 13.4. The van der Waals surface area contributed by atoms with E-state index in [0.717, 1.165) is 12.0 Å². The number of nitrogens with one attached hydrogen (secondary N) is 1. The molecule has 0 aliphatic carbocycles. The molecular formula is C17H23ClN2O. The molecule has 2 rings (SSSR count). The molecule has 3 nitrogen and oxygen atoms in total. The monoisotopic (exact) mass is 306 g/mol. The van der Waals surface area contributed by atoms with Crippen LogP contribution in [-0.2, 0) is 11.3 Å². The van der Waals surface area contributed by atoms with E-state index in [9.17, 15) is 4.79 Å². The van der Waals surface area contributed by atoms with Crippen LogP contribution in [0.5, 0.6) is 0 Å². The summed E-state index contributed by atoms with van der Waals surface area (Å²) in [6.45, 7) is 4.33. The lowest BCUT2D eigenvalue weighted by molar-refractivity contribution is -0.126. The number of halogens is 1. The van der Waals surface area contributed by atoms with Crippen molar-refractivity contribution in [1.29, 1.82) is 0 Å². The summed E-state index contributed by atoms with van der Waals surface area (Å²) in [6.07, 6.45) is 1.59. The maximum atomic E-state index is 12.1. The minimum absolute atomic E-state index is 0. The van der Waals surface area contributed by atoms with Gasteiger partial charge in [0.05, 0.1) is 5.54 Å². The number of carbonyl (C=O) groups is 1. The Balaban J connectivity index is 0.00000220. The van der Waals surface area contributed by atoms with Crippen LogP contribution in [0.2, 0.25) is 0 Å². The van der Waals surface area contributed by atoms with Gasteiger partial charge in [-0.2, -0.15) is 0 Å². The van der Waals surface area contributed by atoms with Crippen molar-refractivity contribution in [2.45, 2.75) is 38.8 Å². The summed E-state index contributed by atoms with van der Waals surface area (Å²) in [4.78, 5) is 12.1. The SMILES string of the molecule is CCCC(C)(N)C(=O)NCc1ccc2ccccc2c1.Cl. The standard InChI is InChI=1S/C17H22N2O.ClH/c1-3-10-17(2,18)16(20)19-12-13-8-9-14-6-4-5-7-15(14)11-13;/h4-9,11H,3,10,12,18H2,1-2H3,(H,19,20);1H. The summed E-state index contributed by atoms with van der Waals surface area (Å²) in [6, 6.07) is 14.4. The summed E-state index contributed by atoms with van der Waals surface area (Å²) in [5.41, 5.74) is 6.31. The van der Waals surface area contributed by atoms with E-state index >= 15 is 0 Å². The number of rotatable bonds is 5. The van der Waals surface area contributed by atoms with Gasteiger partial charge < -0.3 is 11.1 Å². The van der Waals surface area contributed by atoms with Crippen molar-refractivity contribution < 1.29 is 4.79 Å². The molecule has 0 fully saturated rings. The van der Waals surface area contributed by atoms with Gasteiger partial charge in [0.2, 0.25) is 5.91 Å². The maximum absolute atomic E-state index is 12.1. The molecule has 114 valence electrons. The lowest BCUT2D eigenvalue weighted by atomic mass is 9.96. The number of amides is 1. The van der Waals surface area contributed by atoms with Crippen LogP contribution in [0.3, 0.4) is 0 Å². The summed E-state index contributed by atoms with van der Waals surface area (Å²) in [7, 11) is 0. The van der Waals surface area contributed by atoms with E-state index in [2.05, 4.69) is 29.6 Å². The highest BCUT2D eigenvalue weighted by molar-refractivity contribution is 5.86. The van der Waals surface area contributed by atoms with E-state index in [1.54, 1.807) is 6.92 Å². The van der Waals surface area contributed by atoms with Gasteiger partial charge in [-0.25, -0.2) is 0 Å². The predicted molar refractivity (Wildman–Crippen MR) is 90.5 cm³/mol. The fourth-order valence-electron chi connectivity index (χ4n) is 2.37. The van der Waals surface area contributed by atoms with Crippen LogP contribution < -0.4 is 11.1 Å². The van der Waals surface area contributed by atoms with Gasteiger partial charge >= 0.3 is 0 Å². The molecule has 4 heteroatoms. The Morgan fingerprint density at radius 1 is 1.19 bits per heavy atom. The van der Waals surface area contributed by atoms with Crippen LogP contribution in [0.1, 0.15) is 32.3 Å². The Kier molecular flexibility index (Phi) is 6.19. The molecule has 0 spiro atoms. The molecule has 1 unspecified atom stereocenters. The summed E-state index contributed by atoms with van der Waals surface area (Å²) in [5, 5.41) is 5.31. The smallest absolute Gasteiger partial charge is 0.240 e. The first kappa shape index (κ1) is 17.5. The third kappa shape index (κ3) is 4.45. The lowest BCUT2D eigenvalue weighted by Gasteiger charge is -2.22. The van der Waals surface area contributed by atoms with Crippen molar-refractivity contribution in [3.05, 3.63) is 48.0 Å². The molecule has 0 saturated heterocycles. The summed E-state index contributed by atoms with van der Waals surface area (Å²) < 4.78 is 0. The number of fused-ring (bicyclic) bond motifs is 1. The van der Waals surface area contributed by atoms with Gasteiger partial charge in [0.1, 0.15) is 0 Å². The van der Waals surface area contributed by atoms with Gasteiger partial charge in [-0.1, -0.05) is 49.7 Å². The molecule has 2 aromatic carbocycles. The Bertz CT molecular complexity index is 611. The second kappa shape index (κ2) is 7.43.